The van der Waals surface area contributed by atoms with Gasteiger partial charge in [0.05, 0.1) is 5.54 Å². The highest BCUT2D eigenvalue weighted by Gasteiger charge is 2.47. The van der Waals surface area contributed by atoms with Crippen molar-refractivity contribution in [3.8, 4) is 0 Å². The molecule has 108 valence electrons. The van der Waals surface area contributed by atoms with E-state index in [9.17, 15) is 9.18 Å². The third-order valence-corrected chi connectivity index (χ3v) is 4.11. The molecule has 0 aromatic heterocycles. The van der Waals surface area contributed by atoms with Crippen LogP contribution in [0.15, 0.2) is 24.3 Å². The number of halogens is 1. The molecule has 4 nitrogen and oxygen atoms in total. The first kappa shape index (κ1) is 13.4. The molecule has 1 aromatic rings. The van der Waals surface area contributed by atoms with Crippen LogP contribution in [0, 0.1) is 5.82 Å². The topological polar surface area (TPSA) is 44.4 Å². The van der Waals surface area contributed by atoms with Crippen molar-refractivity contribution in [2.75, 3.05) is 26.2 Å². The first-order valence-electron chi connectivity index (χ1n) is 7.24. The number of urea groups is 1. The second-order valence-corrected chi connectivity index (χ2v) is 5.58. The molecule has 2 amide bonds. The first-order valence-corrected chi connectivity index (χ1v) is 7.24. The van der Waals surface area contributed by atoms with E-state index in [2.05, 4.69) is 10.6 Å². The predicted octanol–water partition coefficient (Wildman–Crippen LogP) is 1.82. The van der Waals surface area contributed by atoms with Gasteiger partial charge in [-0.25, -0.2) is 9.18 Å². The van der Waals surface area contributed by atoms with Gasteiger partial charge in [-0.1, -0.05) is 18.2 Å². The lowest BCUT2D eigenvalue weighted by atomic mass is 10.0. The number of amides is 2. The van der Waals surface area contributed by atoms with Crippen molar-refractivity contribution in [3.63, 3.8) is 0 Å². The lowest BCUT2D eigenvalue weighted by Crippen LogP contribution is -2.46. The van der Waals surface area contributed by atoms with E-state index in [-0.39, 0.29) is 11.8 Å². The molecule has 2 fully saturated rings. The lowest BCUT2D eigenvalue weighted by molar-refractivity contribution is 0.195. The highest BCUT2D eigenvalue weighted by atomic mass is 19.1. The Morgan fingerprint density at radius 2 is 2.05 bits per heavy atom. The highest BCUT2D eigenvalue weighted by molar-refractivity contribution is 5.76. The van der Waals surface area contributed by atoms with E-state index in [0.29, 0.717) is 12.1 Å². The van der Waals surface area contributed by atoms with Crippen LogP contribution >= 0.6 is 0 Å². The van der Waals surface area contributed by atoms with Gasteiger partial charge < -0.3 is 15.5 Å². The SMILES string of the molecule is O=C(NC1(c2ccccc2F)CC1)N1CCCNCC1. The summed E-state index contributed by atoms with van der Waals surface area (Å²) in [6.45, 7) is 3.23. The Labute approximate surface area is 118 Å². The van der Waals surface area contributed by atoms with Crippen molar-refractivity contribution in [3.05, 3.63) is 35.6 Å². The van der Waals surface area contributed by atoms with Crippen molar-refractivity contribution >= 4 is 6.03 Å². The van der Waals surface area contributed by atoms with Gasteiger partial charge in [0.15, 0.2) is 0 Å². The Bertz CT molecular complexity index is 494. The zero-order valence-corrected chi connectivity index (χ0v) is 11.5. The number of nitrogens with zero attached hydrogens (tertiary/aromatic N) is 1. The smallest absolute Gasteiger partial charge is 0.318 e. The van der Waals surface area contributed by atoms with Gasteiger partial charge in [0.2, 0.25) is 0 Å². The van der Waals surface area contributed by atoms with Crippen LogP contribution in [-0.4, -0.2) is 37.1 Å². The summed E-state index contributed by atoms with van der Waals surface area (Å²) in [5, 5.41) is 6.31. The maximum absolute atomic E-state index is 13.9. The molecule has 0 spiro atoms. The minimum atomic E-state index is -0.484. The maximum atomic E-state index is 13.9. The van der Waals surface area contributed by atoms with Crippen molar-refractivity contribution < 1.29 is 9.18 Å². The van der Waals surface area contributed by atoms with Crippen LogP contribution in [0.3, 0.4) is 0 Å². The fraction of sp³-hybridized carbons (Fsp3) is 0.533. The monoisotopic (exact) mass is 277 g/mol. The van der Waals surface area contributed by atoms with Gasteiger partial charge in [-0.05, 0) is 31.9 Å². The number of nitrogens with one attached hydrogen (secondary N) is 2. The van der Waals surface area contributed by atoms with Crippen molar-refractivity contribution in [2.45, 2.75) is 24.8 Å². The van der Waals surface area contributed by atoms with Gasteiger partial charge in [-0.15, -0.1) is 0 Å². The number of carbonyl (C=O) groups is 1. The number of rotatable bonds is 2. The van der Waals surface area contributed by atoms with E-state index in [1.807, 2.05) is 11.0 Å². The summed E-state index contributed by atoms with van der Waals surface area (Å²) in [5.41, 5.74) is 0.128. The summed E-state index contributed by atoms with van der Waals surface area (Å²) in [6, 6.07) is 6.65. The third kappa shape index (κ3) is 2.63. The van der Waals surface area contributed by atoms with E-state index in [0.717, 1.165) is 38.9 Å². The number of benzene rings is 1. The number of hydrogen-bond acceptors (Lipinski definition) is 2. The van der Waals surface area contributed by atoms with Crippen LogP contribution in [0.25, 0.3) is 0 Å². The molecule has 1 saturated heterocycles. The van der Waals surface area contributed by atoms with Gasteiger partial charge in [0.25, 0.3) is 0 Å². The second kappa shape index (κ2) is 5.40. The largest absolute Gasteiger partial charge is 0.328 e. The van der Waals surface area contributed by atoms with E-state index < -0.39 is 5.54 Å². The molecule has 1 heterocycles. The molecule has 2 aliphatic rings. The lowest BCUT2D eigenvalue weighted by Gasteiger charge is -2.25. The van der Waals surface area contributed by atoms with Crippen LogP contribution < -0.4 is 10.6 Å². The Balaban J connectivity index is 1.70. The molecular formula is C15H20FN3O. The van der Waals surface area contributed by atoms with Gasteiger partial charge in [-0.2, -0.15) is 0 Å². The van der Waals surface area contributed by atoms with Crippen LogP contribution in [0.1, 0.15) is 24.8 Å². The molecule has 20 heavy (non-hydrogen) atoms. The molecule has 5 heteroatoms. The van der Waals surface area contributed by atoms with Crippen LogP contribution in [0.4, 0.5) is 9.18 Å². The molecule has 2 N–H and O–H groups in total. The fourth-order valence-electron chi connectivity index (χ4n) is 2.77. The zero-order valence-electron chi connectivity index (χ0n) is 11.5. The van der Waals surface area contributed by atoms with Gasteiger partial charge in [-0.3, -0.25) is 0 Å². The van der Waals surface area contributed by atoms with Crippen molar-refractivity contribution in [1.82, 2.24) is 15.5 Å². The Kier molecular flexibility index (Phi) is 3.61. The molecule has 3 rings (SSSR count). The number of carbonyl (C=O) groups excluding carboxylic acids is 1. The van der Waals surface area contributed by atoms with Gasteiger partial charge in [0.1, 0.15) is 5.82 Å². The Morgan fingerprint density at radius 1 is 1.25 bits per heavy atom. The quantitative estimate of drug-likeness (QED) is 0.866. The Hall–Kier alpha value is -1.62. The fourth-order valence-corrected chi connectivity index (χ4v) is 2.77. The first-order chi connectivity index (χ1) is 9.71. The summed E-state index contributed by atoms with van der Waals surface area (Å²) in [7, 11) is 0. The molecule has 1 aliphatic carbocycles. The normalized spacial score (nSPS) is 21.1. The summed E-state index contributed by atoms with van der Waals surface area (Å²) in [4.78, 5) is 14.2. The molecule has 0 bridgehead atoms. The summed E-state index contributed by atoms with van der Waals surface area (Å²) in [5.74, 6) is -0.233. The van der Waals surface area contributed by atoms with Crippen molar-refractivity contribution in [1.29, 1.82) is 0 Å². The van der Waals surface area contributed by atoms with Crippen LogP contribution in [0.5, 0.6) is 0 Å². The highest BCUT2D eigenvalue weighted by Crippen LogP contribution is 2.46. The summed E-state index contributed by atoms with van der Waals surface area (Å²) >= 11 is 0. The van der Waals surface area contributed by atoms with E-state index in [1.54, 1.807) is 12.1 Å². The minimum Gasteiger partial charge on any atom is -0.328 e. The van der Waals surface area contributed by atoms with E-state index in [1.165, 1.54) is 6.07 Å². The predicted molar refractivity (Wildman–Crippen MR) is 74.9 cm³/mol. The second-order valence-electron chi connectivity index (χ2n) is 5.58. The summed E-state index contributed by atoms with van der Waals surface area (Å²) < 4.78 is 13.9. The molecule has 0 radical (unpaired) electrons. The van der Waals surface area contributed by atoms with Gasteiger partial charge >= 0.3 is 6.03 Å². The molecule has 0 atom stereocenters. The van der Waals surface area contributed by atoms with Gasteiger partial charge in [0, 0.05) is 25.2 Å². The molecule has 1 aromatic carbocycles. The van der Waals surface area contributed by atoms with Crippen molar-refractivity contribution in [2.24, 2.45) is 0 Å². The zero-order chi connectivity index (χ0) is 14.0. The van der Waals surface area contributed by atoms with E-state index >= 15 is 0 Å². The molecule has 0 unspecified atom stereocenters. The standard InChI is InChI=1S/C15H20FN3O/c16-13-5-2-1-4-12(13)15(6-7-15)18-14(20)19-10-3-8-17-9-11-19/h1-2,4-5,17H,3,6-11H2,(H,18,20). The maximum Gasteiger partial charge on any atom is 0.318 e. The van der Waals surface area contributed by atoms with Crippen LogP contribution in [0.2, 0.25) is 0 Å². The molecule has 1 saturated carbocycles. The minimum absolute atomic E-state index is 0.0746. The number of hydrogen-bond donors (Lipinski definition) is 2. The molecule has 1 aliphatic heterocycles. The van der Waals surface area contributed by atoms with E-state index in [4.69, 9.17) is 0 Å². The average molecular weight is 277 g/mol. The molecular weight excluding hydrogens is 257 g/mol. The average Bonchev–Trinajstić information content (AvgIpc) is 3.23. The summed E-state index contributed by atoms with van der Waals surface area (Å²) in [6.07, 6.45) is 2.58. The third-order valence-electron chi connectivity index (χ3n) is 4.11. The Morgan fingerprint density at radius 3 is 2.80 bits per heavy atom. The van der Waals surface area contributed by atoms with Crippen LogP contribution in [-0.2, 0) is 5.54 Å².